The van der Waals surface area contributed by atoms with Crippen LogP contribution in [0.2, 0.25) is 0 Å². The van der Waals surface area contributed by atoms with Crippen molar-refractivity contribution in [1.82, 2.24) is 0 Å². The molecule has 0 aromatic heterocycles. The maximum atomic E-state index is 11.0. The molecule has 0 aliphatic heterocycles. The Morgan fingerprint density at radius 3 is 2.60 bits per heavy atom. The summed E-state index contributed by atoms with van der Waals surface area (Å²) in [5.41, 5.74) is 0. The van der Waals surface area contributed by atoms with Crippen LogP contribution in [0, 0.1) is 0 Å². The molecule has 0 spiro atoms. The molecule has 0 fully saturated rings. The SMILES string of the molecule is O=C(CCl)Oc1ccc2ccccc2c1. The van der Waals surface area contributed by atoms with Gasteiger partial charge in [-0.2, -0.15) is 0 Å². The first-order chi connectivity index (χ1) is 7.29. The van der Waals surface area contributed by atoms with Crippen LogP contribution in [0.4, 0.5) is 0 Å². The second-order valence-corrected chi connectivity index (χ2v) is 3.38. The summed E-state index contributed by atoms with van der Waals surface area (Å²) in [6, 6.07) is 13.4. The molecule has 0 saturated carbocycles. The van der Waals surface area contributed by atoms with Gasteiger partial charge in [-0.15, -0.1) is 11.6 Å². The number of hydrogen-bond donors (Lipinski definition) is 0. The molecule has 76 valence electrons. The quantitative estimate of drug-likeness (QED) is 0.442. The number of ether oxygens (including phenoxy) is 1. The molecule has 0 aliphatic carbocycles. The molecule has 0 amide bonds. The number of fused-ring (bicyclic) bond motifs is 1. The molecule has 0 atom stereocenters. The van der Waals surface area contributed by atoms with Crippen molar-refractivity contribution in [2.75, 3.05) is 5.88 Å². The van der Waals surface area contributed by atoms with Gasteiger partial charge in [0.25, 0.3) is 0 Å². The normalized spacial score (nSPS) is 10.2. The highest BCUT2D eigenvalue weighted by Gasteiger charge is 2.02. The summed E-state index contributed by atoms with van der Waals surface area (Å²) in [5, 5.41) is 2.15. The monoisotopic (exact) mass is 220 g/mol. The number of hydrogen-bond acceptors (Lipinski definition) is 2. The van der Waals surface area contributed by atoms with Crippen molar-refractivity contribution in [3.05, 3.63) is 42.5 Å². The topological polar surface area (TPSA) is 26.3 Å². The lowest BCUT2D eigenvalue weighted by Gasteiger charge is -2.03. The number of benzene rings is 2. The Hall–Kier alpha value is -1.54. The lowest BCUT2D eigenvalue weighted by atomic mass is 10.1. The van der Waals surface area contributed by atoms with Gasteiger partial charge in [0.2, 0.25) is 0 Å². The van der Waals surface area contributed by atoms with Crippen LogP contribution in [0.5, 0.6) is 5.75 Å². The van der Waals surface area contributed by atoms with Gasteiger partial charge >= 0.3 is 5.97 Å². The fraction of sp³-hybridized carbons (Fsp3) is 0.0833. The third kappa shape index (κ3) is 2.28. The Kier molecular flexibility index (Phi) is 2.88. The summed E-state index contributed by atoms with van der Waals surface area (Å²) in [6.45, 7) is 0. The third-order valence-corrected chi connectivity index (χ3v) is 2.28. The van der Waals surface area contributed by atoms with E-state index in [1.807, 2.05) is 36.4 Å². The van der Waals surface area contributed by atoms with Gasteiger partial charge in [0.15, 0.2) is 0 Å². The summed E-state index contributed by atoms with van der Waals surface area (Å²) >= 11 is 5.35. The van der Waals surface area contributed by atoms with Crippen molar-refractivity contribution in [1.29, 1.82) is 0 Å². The number of alkyl halides is 1. The molecule has 0 aliphatic rings. The number of carbonyl (C=O) groups excluding carboxylic acids is 1. The van der Waals surface area contributed by atoms with Gasteiger partial charge in [-0.25, -0.2) is 0 Å². The fourth-order valence-electron chi connectivity index (χ4n) is 1.39. The van der Waals surface area contributed by atoms with E-state index in [0.717, 1.165) is 10.8 Å². The van der Waals surface area contributed by atoms with Crippen LogP contribution in [-0.4, -0.2) is 11.8 Å². The first-order valence-electron chi connectivity index (χ1n) is 4.55. The van der Waals surface area contributed by atoms with E-state index in [1.54, 1.807) is 6.07 Å². The number of esters is 1. The minimum atomic E-state index is -0.438. The number of carbonyl (C=O) groups is 1. The van der Waals surface area contributed by atoms with Gasteiger partial charge in [-0.1, -0.05) is 30.3 Å². The highest BCUT2D eigenvalue weighted by molar-refractivity contribution is 6.26. The van der Waals surface area contributed by atoms with Crippen LogP contribution >= 0.6 is 11.6 Å². The molecular weight excluding hydrogens is 212 g/mol. The van der Waals surface area contributed by atoms with Crippen molar-refractivity contribution in [2.45, 2.75) is 0 Å². The van der Waals surface area contributed by atoms with E-state index in [2.05, 4.69) is 0 Å². The number of halogens is 1. The van der Waals surface area contributed by atoms with Gasteiger partial charge in [0.05, 0.1) is 0 Å². The molecule has 15 heavy (non-hydrogen) atoms. The molecule has 0 N–H and O–H groups in total. The van der Waals surface area contributed by atoms with E-state index in [-0.39, 0.29) is 5.88 Å². The molecule has 2 nitrogen and oxygen atoms in total. The lowest BCUT2D eigenvalue weighted by molar-refractivity contribution is -0.131. The van der Waals surface area contributed by atoms with Crippen molar-refractivity contribution in [2.24, 2.45) is 0 Å². The molecule has 0 heterocycles. The minimum absolute atomic E-state index is 0.132. The Balaban J connectivity index is 2.34. The molecule has 0 unspecified atom stereocenters. The van der Waals surface area contributed by atoms with Gasteiger partial charge in [-0.3, -0.25) is 4.79 Å². The number of rotatable bonds is 2. The van der Waals surface area contributed by atoms with Gasteiger partial charge in [-0.05, 0) is 22.9 Å². The Morgan fingerprint density at radius 2 is 1.87 bits per heavy atom. The molecule has 0 radical (unpaired) electrons. The fourth-order valence-corrected chi connectivity index (χ4v) is 1.44. The van der Waals surface area contributed by atoms with Crippen LogP contribution in [0.1, 0.15) is 0 Å². The second kappa shape index (κ2) is 4.32. The summed E-state index contributed by atoms with van der Waals surface area (Å²) in [6.07, 6.45) is 0. The summed E-state index contributed by atoms with van der Waals surface area (Å²) < 4.78 is 5.00. The van der Waals surface area contributed by atoms with Gasteiger partial charge in [0.1, 0.15) is 11.6 Å². The molecule has 3 heteroatoms. The van der Waals surface area contributed by atoms with E-state index < -0.39 is 5.97 Å². The molecular formula is C12H9ClO2. The molecule has 2 aromatic rings. The average Bonchev–Trinajstić information content (AvgIpc) is 2.29. The van der Waals surface area contributed by atoms with Gasteiger partial charge < -0.3 is 4.74 Å². The molecule has 2 aromatic carbocycles. The van der Waals surface area contributed by atoms with E-state index in [9.17, 15) is 4.79 Å². The maximum absolute atomic E-state index is 11.0. The van der Waals surface area contributed by atoms with E-state index in [4.69, 9.17) is 16.3 Å². The largest absolute Gasteiger partial charge is 0.426 e. The Bertz CT molecular complexity index is 494. The Morgan fingerprint density at radius 1 is 1.13 bits per heavy atom. The summed E-state index contributed by atoms with van der Waals surface area (Å²) in [5.74, 6) is -0.0430. The van der Waals surface area contributed by atoms with Crippen molar-refractivity contribution < 1.29 is 9.53 Å². The highest BCUT2D eigenvalue weighted by Crippen LogP contribution is 2.20. The van der Waals surface area contributed by atoms with Crippen LogP contribution < -0.4 is 4.74 Å². The zero-order chi connectivity index (χ0) is 10.7. The zero-order valence-electron chi connectivity index (χ0n) is 7.94. The molecule has 0 bridgehead atoms. The Labute approximate surface area is 92.4 Å². The van der Waals surface area contributed by atoms with Gasteiger partial charge in [0, 0.05) is 0 Å². The van der Waals surface area contributed by atoms with Crippen LogP contribution in [0.25, 0.3) is 10.8 Å². The van der Waals surface area contributed by atoms with Crippen molar-refractivity contribution >= 4 is 28.3 Å². The van der Waals surface area contributed by atoms with Crippen LogP contribution in [-0.2, 0) is 4.79 Å². The molecule has 2 rings (SSSR count). The second-order valence-electron chi connectivity index (χ2n) is 3.12. The first kappa shape index (κ1) is 9.99. The van der Waals surface area contributed by atoms with E-state index in [1.165, 1.54) is 0 Å². The lowest BCUT2D eigenvalue weighted by Crippen LogP contribution is -2.08. The van der Waals surface area contributed by atoms with Crippen molar-refractivity contribution in [3.8, 4) is 5.75 Å². The van der Waals surface area contributed by atoms with Crippen molar-refractivity contribution in [3.63, 3.8) is 0 Å². The minimum Gasteiger partial charge on any atom is -0.426 e. The van der Waals surface area contributed by atoms with Crippen LogP contribution in [0.15, 0.2) is 42.5 Å². The zero-order valence-corrected chi connectivity index (χ0v) is 8.70. The standard InChI is InChI=1S/C12H9ClO2/c13-8-12(14)15-11-6-5-9-3-1-2-4-10(9)7-11/h1-7H,8H2. The van der Waals surface area contributed by atoms with E-state index in [0.29, 0.717) is 5.75 Å². The highest BCUT2D eigenvalue weighted by atomic mass is 35.5. The smallest absolute Gasteiger partial charge is 0.326 e. The average molecular weight is 221 g/mol. The van der Waals surface area contributed by atoms with Crippen LogP contribution in [0.3, 0.4) is 0 Å². The third-order valence-electron chi connectivity index (χ3n) is 2.06. The predicted octanol–water partition coefficient (Wildman–Crippen LogP) is 2.98. The predicted molar refractivity (Wildman–Crippen MR) is 60.3 cm³/mol. The summed E-state index contributed by atoms with van der Waals surface area (Å²) in [7, 11) is 0. The summed E-state index contributed by atoms with van der Waals surface area (Å²) in [4.78, 5) is 11.0. The first-order valence-corrected chi connectivity index (χ1v) is 5.08. The maximum Gasteiger partial charge on any atom is 0.326 e. The van der Waals surface area contributed by atoms with E-state index >= 15 is 0 Å². The molecule has 0 saturated heterocycles.